The Balaban J connectivity index is 2.27. The van der Waals surface area contributed by atoms with Gasteiger partial charge in [-0.25, -0.2) is 0 Å². The zero-order valence-corrected chi connectivity index (χ0v) is 11.8. The number of Topliss-reactive ketones (excluding diaryl/α,β-unsaturated/α-hetero) is 1. The second kappa shape index (κ2) is 5.02. The molecule has 2 nitrogen and oxygen atoms in total. The maximum atomic E-state index is 12.5. The Labute approximate surface area is 114 Å². The van der Waals surface area contributed by atoms with E-state index in [9.17, 15) is 4.79 Å². The Morgan fingerprint density at radius 1 is 1.50 bits per heavy atom. The van der Waals surface area contributed by atoms with Crippen molar-refractivity contribution < 1.29 is 4.79 Å². The molecule has 2 unspecified atom stereocenters. The van der Waals surface area contributed by atoms with E-state index >= 15 is 0 Å². The van der Waals surface area contributed by atoms with Gasteiger partial charge in [-0.05, 0) is 37.3 Å². The van der Waals surface area contributed by atoms with Crippen LogP contribution in [0.5, 0.6) is 0 Å². The first-order chi connectivity index (χ1) is 8.42. The lowest BCUT2D eigenvalue weighted by molar-refractivity contribution is 0.0819. The summed E-state index contributed by atoms with van der Waals surface area (Å²) in [5, 5.41) is 0.633. The highest BCUT2D eigenvalue weighted by molar-refractivity contribution is 6.31. The molecule has 1 aromatic carbocycles. The first kappa shape index (κ1) is 13.6. The van der Waals surface area contributed by atoms with Gasteiger partial charge in [0.25, 0.3) is 0 Å². The van der Waals surface area contributed by atoms with Gasteiger partial charge in [0.2, 0.25) is 0 Å². The van der Waals surface area contributed by atoms with Gasteiger partial charge in [0.1, 0.15) is 0 Å². The summed E-state index contributed by atoms with van der Waals surface area (Å²) in [4.78, 5) is 12.5. The van der Waals surface area contributed by atoms with Crippen LogP contribution in [0, 0.1) is 12.8 Å². The minimum atomic E-state index is -0.698. The van der Waals surface area contributed by atoms with E-state index in [1.165, 1.54) is 6.42 Å². The predicted molar refractivity (Wildman–Crippen MR) is 75.1 cm³/mol. The van der Waals surface area contributed by atoms with E-state index in [0.29, 0.717) is 16.5 Å². The van der Waals surface area contributed by atoms with Gasteiger partial charge in [-0.2, -0.15) is 0 Å². The highest BCUT2D eigenvalue weighted by Crippen LogP contribution is 2.33. The summed E-state index contributed by atoms with van der Waals surface area (Å²) < 4.78 is 0. The van der Waals surface area contributed by atoms with Crippen molar-refractivity contribution >= 4 is 17.4 Å². The molecule has 0 spiro atoms. The average Bonchev–Trinajstić information content (AvgIpc) is 2.31. The molecular formula is C15H20ClNO. The molecule has 2 N–H and O–H groups in total. The second-order valence-electron chi connectivity index (χ2n) is 5.65. The number of ketones is 1. The van der Waals surface area contributed by atoms with Gasteiger partial charge in [-0.15, -0.1) is 0 Å². The first-order valence-corrected chi connectivity index (χ1v) is 6.90. The molecule has 1 fully saturated rings. The van der Waals surface area contributed by atoms with Crippen LogP contribution in [0.15, 0.2) is 18.2 Å². The van der Waals surface area contributed by atoms with Crippen LogP contribution in [0.4, 0.5) is 0 Å². The normalized spacial score (nSPS) is 28.1. The fraction of sp³-hybridized carbons (Fsp3) is 0.533. The van der Waals surface area contributed by atoms with Gasteiger partial charge >= 0.3 is 0 Å². The van der Waals surface area contributed by atoms with Crippen LogP contribution in [0.25, 0.3) is 0 Å². The van der Waals surface area contributed by atoms with Gasteiger partial charge in [-0.1, -0.05) is 43.5 Å². The Morgan fingerprint density at radius 3 is 2.83 bits per heavy atom. The van der Waals surface area contributed by atoms with E-state index in [1.54, 1.807) is 6.07 Å². The molecule has 0 heterocycles. The largest absolute Gasteiger partial charge is 0.319 e. The lowest BCUT2D eigenvalue weighted by Gasteiger charge is -2.35. The summed E-state index contributed by atoms with van der Waals surface area (Å²) in [6, 6.07) is 5.45. The number of carbonyl (C=O) groups excluding carboxylic acids is 1. The van der Waals surface area contributed by atoms with E-state index in [0.717, 1.165) is 24.8 Å². The summed E-state index contributed by atoms with van der Waals surface area (Å²) in [5.41, 5.74) is 7.25. The molecule has 0 radical (unpaired) electrons. The van der Waals surface area contributed by atoms with Crippen molar-refractivity contribution in [1.82, 2.24) is 0 Å². The standard InChI is InChI=1S/C15H20ClNO/c1-10-4-3-7-15(17,9-10)14(18)12-6-5-11(2)13(16)8-12/h5-6,8,10H,3-4,7,9,17H2,1-2H3. The molecule has 0 aromatic heterocycles. The number of halogens is 1. The smallest absolute Gasteiger partial charge is 0.182 e. The molecule has 0 amide bonds. The minimum absolute atomic E-state index is 0.0379. The summed E-state index contributed by atoms with van der Waals surface area (Å²) >= 11 is 6.08. The molecule has 98 valence electrons. The topological polar surface area (TPSA) is 43.1 Å². The number of hydrogen-bond acceptors (Lipinski definition) is 2. The van der Waals surface area contributed by atoms with E-state index in [-0.39, 0.29) is 5.78 Å². The van der Waals surface area contributed by atoms with Crippen LogP contribution in [0.2, 0.25) is 5.02 Å². The van der Waals surface area contributed by atoms with Crippen molar-refractivity contribution in [2.24, 2.45) is 11.7 Å². The molecule has 0 bridgehead atoms. The zero-order valence-electron chi connectivity index (χ0n) is 11.0. The SMILES string of the molecule is Cc1ccc(C(=O)C2(N)CCCC(C)C2)cc1Cl. The van der Waals surface area contributed by atoms with Crippen molar-refractivity contribution in [2.45, 2.75) is 45.1 Å². The molecule has 0 aliphatic heterocycles. The van der Waals surface area contributed by atoms with Gasteiger partial charge in [0, 0.05) is 10.6 Å². The molecule has 18 heavy (non-hydrogen) atoms. The number of rotatable bonds is 2. The van der Waals surface area contributed by atoms with E-state index < -0.39 is 5.54 Å². The number of nitrogens with two attached hydrogens (primary N) is 1. The van der Waals surface area contributed by atoms with Crippen LogP contribution in [-0.4, -0.2) is 11.3 Å². The van der Waals surface area contributed by atoms with Crippen molar-refractivity contribution in [1.29, 1.82) is 0 Å². The van der Waals surface area contributed by atoms with Crippen LogP contribution in [0.3, 0.4) is 0 Å². The Hall–Kier alpha value is -0.860. The monoisotopic (exact) mass is 265 g/mol. The fourth-order valence-electron chi connectivity index (χ4n) is 2.82. The van der Waals surface area contributed by atoms with Crippen molar-refractivity contribution in [3.05, 3.63) is 34.3 Å². The number of hydrogen-bond donors (Lipinski definition) is 1. The van der Waals surface area contributed by atoms with Crippen LogP contribution in [-0.2, 0) is 0 Å². The Morgan fingerprint density at radius 2 is 2.22 bits per heavy atom. The van der Waals surface area contributed by atoms with Crippen molar-refractivity contribution in [3.8, 4) is 0 Å². The summed E-state index contributed by atoms with van der Waals surface area (Å²) in [7, 11) is 0. The molecule has 2 rings (SSSR count). The quantitative estimate of drug-likeness (QED) is 0.828. The summed E-state index contributed by atoms with van der Waals surface area (Å²) in [6.45, 7) is 4.09. The molecule has 1 aromatic rings. The Bertz CT molecular complexity index is 472. The van der Waals surface area contributed by atoms with Crippen molar-refractivity contribution in [2.75, 3.05) is 0 Å². The Kier molecular flexibility index (Phi) is 3.79. The van der Waals surface area contributed by atoms with E-state index in [4.69, 9.17) is 17.3 Å². The lowest BCUT2D eigenvalue weighted by Crippen LogP contribution is -2.51. The molecule has 1 aliphatic carbocycles. The zero-order chi connectivity index (χ0) is 13.3. The third kappa shape index (κ3) is 2.60. The lowest BCUT2D eigenvalue weighted by atomic mass is 9.73. The highest BCUT2D eigenvalue weighted by Gasteiger charge is 2.38. The van der Waals surface area contributed by atoms with E-state index in [2.05, 4.69) is 6.92 Å². The highest BCUT2D eigenvalue weighted by atomic mass is 35.5. The van der Waals surface area contributed by atoms with Gasteiger partial charge in [0.05, 0.1) is 5.54 Å². The molecule has 2 atom stereocenters. The molecule has 0 saturated heterocycles. The second-order valence-corrected chi connectivity index (χ2v) is 6.06. The fourth-order valence-corrected chi connectivity index (χ4v) is 3.00. The third-order valence-corrected chi connectivity index (χ3v) is 4.33. The maximum Gasteiger partial charge on any atom is 0.182 e. The number of carbonyl (C=O) groups is 1. The minimum Gasteiger partial charge on any atom is -0.319 e. The maximum absolute atomic E-state index is 12.5. The van der Waals surface area contributed by atoms with Crippen LogP contribution in [0.1, 0.15) is 48.5 Å². The molecular weight excluding hydrogens is 246 g/mol. The summed E-state index contributed by atoms with van der Waals surface area (Å²) in [5.74, 6) is 0.560. The number of aryl methyl sites for hydroxylation is 1. The number of benzene rings is 1. The van der Waals surface area contributed by atoms with Crippen LogP contribution >= 0.6 is 11.6 Å². The predicted octanol–water partition coefficient (Wildman–Crippen LogP) is 3.74. The molecule has 3 heteroatoms. The molecule has 1 saturated carbocycles. The van der Waals surface area contributed by atoms with Gasteiger partial charge < -0.3 is 5.73 Å². The van der Waals surface area contributed by atoms with Crippen LogP contribution < -0.4 is 5.73 Å². The first-order valence-electron chi connectivity index (χ1n) is 6.52. The van der Waals surface area contributed by atoms with Gasteiger partial charge in [0.15, 0.2) is 5.78 Å². The van der Waals surface area contributed by atoms with Crippen molar-refractivity contribution in [3.63, 3.8) is 0 Å². The van der Waals surface area contributed by atoms with E-state index in [1.807, 2.05) is 19.1 Å². The summed E-state index contributed by atoms with van der Waals surface area (Å²) in [6.07, 6.45) is 3.75. The average molecular weight is 266 g/mol. The molecule has 1 aliphatic rings. The third-order valence-electron chi connectivity index (χ3n) is 3.92. The van der Waals surface area contributed by atoms with Gasteiger partial charge in [-0.3, -0.25) is 4.79 Å².